The molecule has 4 rings (SSSR count). The summed E-state index contributed by atoms with van der Waals surface area (Å²) >= 11 is 0. The van der Waals surface area contributed by atoms with Crippen molar-refractivity contribution in [2.24, 2.45) is 28.6 Å². The van der Waals surface area contributed by atoms with Gasteiger partial charge in [-0.25, -0.2) is 0 Å². The molecule has 0 heteroatoms. The lowest BCUT2D eigenvalue weighted by atomic mass is 9.44. The standard InChI is InChI=1S/C41H60/c1-27(2)16-31(7)34-14-15-38(35(21-34)20-30(6)19-33-13-12-29(5)18-33)39(17-28(3)4)37-25-41(26-37)23-36(24-41)32(8)22-40(9,10)11/h12,14-15,18,21,28,31,36-37,39H,1,6,8,13,16-17,19-20,22-26H2,2-5,7,9-11H3/t31-,36?,37?,39?,41?/m1/s1. The number of hydrogen-bond donors (Lipinski definition) is 0. The zero-order chi connectivity index (χ0) is 30.1. The van der Waals surface area contributed by atoms with Crippen molar-refractivity contribution >= 4 is 0 Å². The third kappa shape index (κ3) is 8.27. The Hall–Kier alpha value is -2.08. The molecule has 3 aliphatic rings. The van der Waals surface area contributed by atoms with Gasteiger partial charge in [-0.3, -0.25) is 0 Å². The zero-order valence-electron chi connectivity index (χ0n) is 28.0. The van der Waals surface area contributed by atoms with Crippen LogP contribution in [0.3, 0.4) is 0 Å². The van der Waals surface area contributed by atoms with E-state index in [1.54, 1.807) is 11.1 Å². The summed E-state index contributed by atoms with van der Waals surface area (Å²) in [5.74, 6) is 3.42. The van der Waals surface area contributed by atoms with Gasteiger partial charge < -0.3 is 0 Å². The van der Waals surface area contributed by atoms with Crippen molar-refractivity contribution < 1.29 is 0 Å². The third-order valence-corrected chi connectivity index (χ3v) is 10.2. The molecule has 1 spiro atoms. The summed E-state index contributed by atoms with van der Waals surface area (Å²) < 4.78 is 0. The van der Waals surface area contributed by atoms with Crippen molar-refractivity contribution in [3.63, 3.8) is 0 Å². The van der Waals surface area contributed by atoms with Crippen LogP contribution in [-0.4, -0.2) is 0 Å². The van der Waals surface area contributed by atoms with Gasteiger partial charge in [0.25, 0.3) is 0 Å². The molecule has 0 N–H and O–H groups in total. The lowest BCUT2D eigenvalue weighted by molar-refractivity contribution is -0.0688. The Morgan fingerprint density at radius 2 is 1.68 bits per heavy atom. The van der Waals surface area contributed by atoms with Crippen LogP contribution in [-0.2, 0) is 6.42 Å². The lowest BCUT2D eigenvalue weighted by Crippen LogP contribution is -2.49. The topological polar surface area (TPSA) is 0 Å². The zero-order valence-corrected chi connectivity index (χ0v) is 28.0. The van der Waals surface area contributed by atoms with Crippen molar-refractivity contribution in [3.05, 3.63) is 94.6 Å². The molecule has 0 aromatic heterocycles. The van der Waals surface area contributed by atoms with Gasteiger partial charge in [0.1, 0.15) is 0 Å². The molecule has 0 nitrogen and oxygen atoms in total. The molecule has 224 valence electrons. The first-order valence-electron chi connectivity index (χ1n) is 16.6. The molecule has 41 heavy (non-hydrogen) atoms. The molecule has 2 saturated carbocycles. The highest BCUT2D eigenvalue weighted by Crippen LogP contribution is 2.66. The Labute approximate surface area is 254 Å². The molecule has 2 atom stereocenters. The second kappa shape index (κ2) is 12.7. The summed E-state index contributed by atoms with van der Waals surface area (Å²) in [4.78, 5) is 0. The van der Waals surface area contributed by atoms with Crippen LogP contribution in [0.1, 0.15) is 142 Å². The summed E-state index contributed by atoms with van der Waals surface area (Å²) in [6.45, 7) is 32.0. The molecular formula is C41H60. The van der Waals surface area contributed by atoms with E-state index in [0.29, 0.717) is 28.6 Å². The van der Waals surface area contributed by atoms with Gasteiger partial charge in [0.2, 0.25) is 0 Å². The Morgan fingerprint density at radius 1 is 1.00 bits per heavy atom. The van der Waals surface area contributed by atoms with Crippen LogP contribution in [0.5, 0.6) is 0 Å². The first-order valence-corrected chi connectivity index (χ1v) is 16.6. The Balaban J connectivity index is 1.52. The van der Waals surface area contributed by atoms with Crippen LogP contribution in [0, 0.1) is 28.6 Å². The fourth-order valence-electron chi connectivity index (χ4n) is 8.45. The molecule has 0 saturated heterocycles. The third-order valence-electron chi connectivity index (χ3n) is 10.2. The predicted octanol–water partition coefficient (Wildman–Crippen LogP) is 12.4. The smallest absolute Gasteiger partial charge is 0.00637 e. The van der Waals surface area contributed by atoms with Crippen LogP contribution in [0.25, 0.3) is 0 Å². The molecule has 0 aliphatic heterocycles. The summed E-state index contributed by atoms with van der Waals surface area (Å²) in [5, 5.41) is 0. The van der Waals surface area contributed by atoms with Crippen molar-refractivity contribution in [2.45, 2.75) is 131 Å². The molecule has 1 unspecified atom stereocenters. The van der Waals surface area contributed by atoms with Gasteiger partial charge >= 0.3 is 0 Å². The van der Waals surface area contributed by atoms with E-state index in [1.807, 2.05) is 0 Å². The number of hydrogen-bond acceptors (Lipinski definition) is 0. The highest BCUT2D eigenvalue weighted by Gasteiger charge is 2.55. The van der Waals surface area contributed by atoms with Crippen LogP contribution in [0.15, 0.2) is 78.0 Å². The van der Waals surface area contributed by atoms with Crippen LogP contribution in [0.4, 0.5) is 0 Å². The molecule has 1 aromatic rings. The maximum absolute atomic E-state index is 4.61. The minimum atomic E-state index is 0.350. The van der Waals surface area contributed by atoms with E-state index in [-0.39, 0.29) is 0 Å². The molecule has 1 aromatic carbocycles. The van der Waals surface area contributed by atoms with E-state index in [9.17, 15) is 0 Å². The van der Waals surface area contributed by atoms with Gasteiger partial charge in [-0.2, -0.15) is 0 Å². The summed E-state index contributed by atoms with van der Waals surface area (Å²) in [5.41, 5.74) is 12.6. The van der Waals surface area contributed by atoms with Gasteiger partial charge in [0, 0.05) is 0 Å². The van der Waals surface area contributed by atoms with Crippen molar-refractivity contribution in [3.8, 4) is 0 Å². The van der Waals surface area contributed by atoms with E-state index in [1.165, 1.54) is 72.0 Å². The van der Waals surface area contributed by atoms with Crippen LogP contribution in [0.2, 0.25) is 0 Å². The Morgan fingerprint density at radius 3 is 2.24 bits per heavy atom. The minimum absolute atomic E-state index is 0.350. The first kappa shape index (κ1) is 31.8. The summed E-state index contributed by atoms with van der Waals surface area (Å²) in [7, 11) is 0. The molecule has 0 amide bonds. The Kier molecular flexibility index (Phi) is 9.83. The predicted molar refractivity (Wildman–Crippen MR) is 181 cm³/mol. The normalized spacial score (nSPS) is 25.3. The number of rotatable bonds is 13. The van der Waals surface area contributed by atoms with Crippen molar-refractivity contribution in [1.29, 1.82) is 0 Å². The molecule has 3 aliphatic carbocycles. The van der Waals surface area contributed by atoms with Gasteiger partial charge in [-0.1, -0.05) is 113 Å². The molecule has 2 fully saturated rings. The van der Waals surface area contributed by atoms with E-state index in [4.69, 9.17) is 0 Å². The van der Waals surface area contributed by atoms with Gasteiger partial charge in [0.05, 0.1) is 0 Å². The van der Waals surface area contributed by atoms with Gasteiger partial charge in [0.15, 0.2) is 0 Å². The maximum Gasteiger partial charge on any atom is -0.00637 e. The molecule has 0 heterocycles. The lowest BCUT2D eigenvalue weighted by Gasteiger charge is -2.60. The van der Waals surface area contributed by atoms with Crippen molar-refractivity contribution in [2.75, 3.05) is 0 Å². The summed E-state index contributed by atoms with van der Waals surface area (Å²) in [6, 6.07) is 7.53. The quantitative estimate of drug-likeness (QED) is 0.213. The van der Waals surface area contributed by atoms with E-state index >= 15 is 0 Å². The van der Waals surface area contributed by atoms with E-state index < -0.39 is 0 Å². The number of allylic oxidation sites excluding steroid dienone is 7. The summed E-state index contributed by atoms with van der Waals surface area (Å²) in [6.07, 6.45) is 16.9. The average molecular weight is 553 g/mol. The SMILES string of the molecule is C=C(C)C[C@@H](C)c1ccc(C(CC(C)C)C2CC3(CC(C(=C)CC(C)(C)C)C3)C2)c(CC(=C)CC2=CC(C)=CC2)c1. The Bertz CT molecular complexity index is 1190. The fraction of sp³-hybridized carbons (Fsp3) is 0.610. The maximum atomic E-state index is 4.61. The fourth-order valence-corrected chi connectivity index (χ4v) is 8.45. The van der Waals surface area contributed by atoms with Crippen LogP contribution >= 0.6 is 0 Å². The monoisotopic (exact) mass is 552 g/mol. The molecule has 0 bridgehead atoms. The van der Waals surface area contributed by atoms with E-state index in [2.05, 4.69) is 105 Å². The first-order chi connectivity index (χ1) is 19.1. The molecule has 0 radical (unpaired) electrons. The van der Waals surface area contributed by atoms with Crippen molar-refractivity contribution in [1.82, 2.24) is 0 Å². The average Bonchev–Trinajstić information content (AvgIpc) is 3.18. The van der Waals surface area contributed by atoms with Crippen LogP contribution < -0.4 is 0 Å². The second-order valence-electron chi connectivity index (χ2n) is 16.5. The van der Waals surface area contributed by atoms with Gasteiger partial charge in [-0.05, 0) is 135 Å². The van der Waals surface area contributed by atoms with Gasteiger partial charge in [-0.15, -0.1) is 6.58 Å². The molecular weight excluding hydrogens is 492 g/mol. The largest absolute Gasteiger partial charge is 0.100 e. The highest BCUT2D eigenvalue weighted by atomic mass is 14.6. The number of benzene rings is 1. The van der Waals surface area contributed by atoms with E-state index in [0.717, 1.165) is 37.5 Å². The minimum Gasteiger partial charge on any atom is -0.100 e. The highest BCUT2D eigenvalue weighted by molar-refractivity contribution is 5.41. The second-order valence-corrected chi connectivity index (χ2v) is 16.5.